The van der Waals surface area contributed by atoms with E-state index in [1.807, 2.05) is 0 Å². The molecule has 1 aliphatic carbocycles. The Morgan fingerprint density at radius 1 is 1.00 bits per heavy atom. The van der Waals surface area contributed by atoms with Crippen molar-refractivity contribution in [2.45, 2.75) is 80.1 Å². The second-order valence-corrected chi connectivity index (χ2v) is 8.03. The molecule has 1 saturated carbocycles. The summed E-state index contributed by atoms with van der Waals surface area (Å²) in [5.41, 5.74) is 0.605. The third-order valence-electron chi connectivity index (χ3n) is 4.56. The van der Waals surface area contributed by atoms with Crippen LogP contribution in [0.5, 0.6) is 0 Å². The van der Waals surface area contributed by atoms with Crippen LogP contribution in [0, 0.1) is 29.1 Å². The second kappa shape index (κ2) is 6.25. The minimum atomic E-state index is 0.605. The summed E-state index contributed by atoms with van der Waals surface area (Å²) in [6.07, 6.45) is 8.76. The van der Waals surface area contributed by atoms with Gasteiger partial charge in [-0.2, -0.15) is 0 Å². The summed E-state index contributed by atoms with van der Waals surface area (Å²) in [7, 11) is 0. The molecule has 0 aromatic heterocycles. The summed E-state index contributed by atoms with van der Waals surface area (Å²) < 4.78 is 0. The average Bonchev–Trinajstić information content (AvgIpc) is 2.14. The van der Waals surface area contributed by atoms with Crippen molar-refractivity contribution in [2.24, 2.45) is 29.1 Å². The molecular weight excluding hydrogens is 204 g/mol. The highest BCUT2D eigenvalue weighted by Crippen LogP contribution is 2.46. The summed E-state index contributed by atoms with van der Waals surface area (Å²) in [6, 6.07) is 0. The van der Waals surface area contributed by atoms with E-state index in [9.17, 15) is 0 Å². The largest absolute Gasteiger partial charge is 0.0628 e. The molecule has 1 aliphatic rings. The van der Waals surface area contributed by atoms with Crippen molar-refractivity contribution in [3.63, 3.8) is 0 Å². The molecule has 0 heteroatoms. The van der Waals surface area contributed by atoms with Gasteiger partial charge in [0, 0.05) is 0 Å². The zero-order valence-corrected chi connectivity index (χ0v) is 13.1. The molecule has 0 radical (unpaired) electrons. The molecule has 2 atom stereocenters. The van der Waals surface area contributed by atoms with E-state index in [1.54, 1.807) is 0 Å². The summed E-state index contributed by atoms with van der Waals surface area (Å²) in [6.45, 7) is 14.5. The van der Waals surface area contributed by atoms with Gasteiger partial charge in [0.1, 0.15) is 0 Å². The standard InChI is InChI=1S/C17H34/c1-13(2)7-8-15-9-10-17(5,6)12-16(15)11-14(3)4/h13-16H,7-12H2,1-6H3. The Kier molecular flexibility index (Phi) is 5.54. The predicted molar refractivity (Wildman–Crippen MR) is 78.1 cm³/mol. The summed E-state index contributed by atoms with van der Waals surface area (Å²) in [5, 5.41) is 0. The fourth-order valence-electron chi connectivity index (χ4n) is 3.60. The number of hydrogen-bond donors (Lipinski definition) is 0. The van der Waals surface area contributed by atoms with Crippen molar-refractivity contribution in [2.75, 3.05) is 0 Å². The van der Waals surface area contributed by atoms with Crippen molar-refractivity contribution in [3.8, 4) is 0 Å². The molecule has 102 valence electrons. The van der Waals surface area contributed by atoms with Gasteiger partial charge in [-0.1, -0.05) is 48.0 Å². The SMILES string of the molecule is CC(C)CCC1CCC(C)(C)CC1CC(C)C. The van der Waals surface area contributed by atoms with Gasteiger partial charge in [-0.25, -0.2) is 0 Å². The maximum atomic E-state index is 2.47. The highest BCUT2D eigenvalue weighted by atomic mass is 14.4. The first-order chi connectivity index (χ1) is 7.80. The van der Waals surface area contributed by atoms with E-state index >= 15 is 0 Å². The maximum Gasteiger partial charge on any atom is -0.0351 e. The highest BCUT2D eigenvalue weighted by molar-refractivity contribution is 4.85. The molecule has 0 amide bonds. The van der Waals surface area contributed by atoms with Gasteiger partial charge in [0.25, 0.3) is 0 Å². The van der Waals surface area contributed by atoms with Crippen molar-refractivity contribution >= 4 is 0 Å². The molecule has 0 saturated heterocycles. The van der Waals surface area contributed by atoms with E-state index in [4.69, 9.17) is 0 Å². The van der Waals surface area contributed by atoms with Gasteiger partial charge in [-0.15, -0.1) is 0 Å². The third kappa shape index (κ3) is 5.44. The Hall–Kier alpha value is 0. The van der Waals surface area contributed by atoms with Crippen LogP contribution in [0.25, 0.3) is 0 Å². The minimum Gasteiger partial charge on any atom is -0.0628 e. The van der Waals surface area contributed by atoms with E-state index in [2.05, 4.69) is 41.5 Å². The molecule has 0 aromatic rings. The van der Waals surface area contributed by atoms with Crippen molar-refractivity contribution < 1.29 is 0 Å². The summed E-state index contributed by atoms with van der Waals surface area (Å²) in [5.74, 6) is 3.77. The molecule has 0 heterocycles. The van der Waals surface area contributed by atoms with Crippen LogP contribution >= 0.6 is 0 Å². The summed E-state index contributed by atoms with van der Waals surface area (Å²) >= 11 is 0. The Labute approximate surface area is 110 Å². The van der Waals surface area contributed by atoms with E-state index in [1.165, 1.54) is 38.5 Å². The lowest BCUT2D eigenvalue weighted by Crippen LogP contribution is -2.31. The molecule has 0 aromatic carbocycles. The van der Waals surface area contributed by atoms with Crippen LogP contribution in [-0.4, -0.2) is 0 Å². The van der Waals surface area contributed by atoms with E-state index < -0.39 is 0 Å². The lowest BCUT2D eigenvalue weighted by molar-refractivity contribution is 0.0927. The molecule has 0 N–H and O–H groups in total. The Balaban J connectivity index is 2.54. The lowest BCUT2D eigenvalue weighted by Gasteiger charge is -2.42. The third-order valence-corrected chi connectivity index (χ3v) is 4.56. The average molecular weight is 238 g/mol. The smallest absolute Gasteiger partial charge is 0.0351 e. The van der Waals surface area contributed by atoms with Crippen molar-refractivity contribution in [3.05, 3.63) is 0 Å². The van der Waals surface area contributed by atoms with E-state index in [0.29, 0.717) is 5.41 Å². The maximum absolute atomic E-state index is 2.47. The van der Waals surface area contributed by atoms with Crippen molar-refractivity contribution in [1.82, 2.24) is 0 Å². The minimum absolute atomic E-state index is 0.605. The highest BCUT2D eigenvalue weighted by Gasteiger charge is 2.34. The van der Waals surface area contributed by atoms with E-state index in [-0.39, 0.29) is 0 Å². The van der Waals surface area contributed by atoms with Gasteiger partial charge >= 0.3 is 0 Å². The van der Waals surface area contributed by atoms with Gasteiger partial charge in [-0.3, -0.25) is 0 Å². The first-order valence-corrected chi connectivity index (χ1v) is 7.80. The molecule has 17 heavy (non-hydrogen) atoms. The lowest BCUT2D eigenvalue weighted by atomic mass is 9.64. The first-order valence-electron chi connectivity index (χ1n) is 7.80. The van der Waals surface area contributed by atoms with Crippen molar-refractivity contribution in [1.29, 1.82) is 0 Å². The monoisotopic (exact) mass is 238 g/mol. The van der Waals surface area contributed by atoms with Gasteiger partial charge in [0.05, 0.1) is 0 Å². The molecule has 0 aliphatic heterocycles. The van der Waals surface area contributed by atoms with Gasteiger partial charge in [-0.05, 0) is 61.2 Å². The number of rotatable bonds is 5. The second-order valence-electron chi connectivity index (χ2n) is 8.03. The van der Waals surface area contributed by atoms with Crippen LogP contribution in [0.15, 0.2) is 0 Å². The Bertz CT molecular complexity index is 210. The van der Waals surface area contributed by atoms with Crippen LogP contribution in [0.1, 0.15) is 80.1 Å². The van der Waals surface area contributed by atoms with Gasteiger partial charge in [0.2, 0.25) is 0 Å². The number of hydrogen-bond acceptors (Lipinski definition) is 0. The van der Waals surface area contributed by atoms with Crippen LogP contribution < -0.4 is 0 Å². The molecule has 1 fully saturated rings. The topological polar surface area (TPSA) is 0 Å². The fraction of sp³-hybridized carbons (Fsp3) is 1.00. The quantitative estimate of drug-likeness (QED) is 0.558. The summed E-state index contributed by atoms with van der Waals surface area (Å²) in [4.78, 5) is 0. The van der Waals surface area contributed by atoms with Crippen LogP contribution in [0.2, 0.25) is 0 Å². The zero-order chi connectivity index (χ0) is 13.1. The molecule has 0 bridgehead atoms. The molecule has 0 nitrogen and oxygen atoms in total. The Morgan fingerprint density at radius 3 is 2.18 bits per heavy atom. The van der Waals surface area contributed by atoms with Crippen LogP contribution in [-0.2, 0) is 0 Å². The first kappa shape index (κ1) is 15.1. The van der Waals surface area contributed by atoms with E-state index in [0.717, 1.165) is 23.7 Å². The zero-order valence-electron chi connectivity index (χ0n) is 13.1. The molecular formula is C17H34. The molecule has 1 rings (SSSR count). The molecule has 2 unspecified atom stereocenters. The van der Waals surface area contributed by atoms with Gasteiger partial charge < -0.3 is 0 Å². The predicted octanol–water partition coefficient (Wildman–Crippen LogP) is 5.91. The Morgan fingerprint density at radius 2 is 1.65 bits per heavy atom. The normalized spacial score (nSPS) is 28.9. The fourth-order valence-corrected chi connectivity index (χ4v) is 3.60. The van der Waals surface area contributed by atoms with Gasteiger partial charge in [0.15, 0.2) is 0 Å². The van der Waals surface area contributed by atoms with Crippen LogP contribution in [0.3, 0.4) is 0 Å². The molecule has 0 spiro atoms. The van der Waals surface area contributed by atoms with Crippen LogP contribution in [0.4, 0.5) is 0 Å².